The molecule has 0 bridgehead atoms. The Balaban J connectivity index is 1.24. The number of nitrogens with two attached hydrogens (primary N) is 1. The van der Waals surface area contributed by atoms with E-state index >= 15 is 0 Å². The lowest BCUT2D eigenvalue weighted by atomic mass is 9.84. The van der Waals surface area contributed by atoms with Crippen LogP contribution in [-0.4, -0.2) is 39.6 Å². The molecule has 3 N–H and O–H groups in total. The van der Waals surface area contributed by atoms with Gasteiger partial charge in [-0.05, 0) is 55.5 Å². The van der Waals surface area contributed by atoms with E-state index in [2.05, 4.69) is 33.5 Å². The number of carbonyl (C=O) groups excluding carboxylic acids is 2. The van der Waals surface area contributed by atoms with Crippen LogP contribution in [0.25, 0.3) is 0 Å². The second-order valence-electron chi connectivity index (χ2n) is 9.86. The Labute approximate surface area is 215 Å². The van der Waals surface area contributed by atoms with Crippen LogP contribution in [0.3, 0.4) is 0 Å². The van der Waals surface area contributed by atoms with E-state index in [4.69, 9.17) is 10.5 Å². The summed E-state index contributed by atoms with van der Waals surface area (Å²) < 4.78 is 7.57. The number of primary amides is 1. The van der Waals surface area contributed by atoms with Crippen LogP contribution < -0.4 is 15.8 Å². The summed E-state index contributed by atoms with van der Waals surface area (Å²) >= 11 is 0. The van der Waals surface area contributed by atoms with Crippen LogP contribution in [0.4, 0.5) is 5.82 Å². The molecule has 9 heteroatoms. The molecule has 2 amide bonds. The van der Waals surface area contributed by atoms with Crippen LogP contribution in [0.1, 0.15) is 48.0 Å². The third kappa shape index (κ3) is 5.65. The molecule has 2 aromatic carbocycles. The van der Waals surface area contributed by atoms with Gasteiger partial charge in [0, 0.05) is 31.7 Å². The molecular formula is C28H30N6O3. The molecule has 2 heterocycles. The fraction of sp³-hybridized carbons (Fsp3) is 0.357. The molecule has 0 atom stereocenters. The minimum Gasteiger partial charge on any atom is -0.457 e. The van der Waals surface area contributed by atoms with Crippen molar-refractivity contribution >= 4 is 17.6 Å². The van der Waals surface area contributed by atoms with E-state index in [1.54, 1.807) is 10.9 Å². The van der Waals surface area contributed by atoms with E-state index in [1.165, 1.54) is 5.56 Å². The number of hydrogen-bond acceptors (Lipinski definition) is 6. The first kappa shape index (κ1) is 24.5. The van der Waals surface area contributed by atoms with Crippen molar-refractivity contribution in [1.82, 2.24) is 14.7 Å². The van der Waals surface area contributed by atoms with E-state index in [0.29, 0.717) is 12.8 Å². The van der Waals surface area contributed by atoms with Gasteiger partial charge in [0.15, 0.2) is 5.82 Å². The van der Waals surface area contributed by atoms with Gasteiger partial charge in [-0.2, -0.15) is 10.4 Å². The number of rotatable bonds is 9. The monoisotopic (exact) mass is 498 g/mol. The molecule has 1 aliphatic heterocycles. The summed E-state index contributed by atoms with van der Waals surface area (Å²) in [6.45, 7) is 2.31. The molecule has 0 spiro atoms. The van der Waals surface area contributed by atoms with Crippen LogP contribution in [0.2, 0.25) is 0 Å². The van der Waals surface area contributed by atoms with Gasteiger partial charge < -0.3 is 15.8 Å². The molecule has 3 aromatic rings. The number of nitrogens with one attached hydrogen (secondary N) is 1. The molecule has 9 nitrogen and oxygen atoms in total. The van der Waals surface area contributed by atoms with Crippen LogP contribution in [0, 0.1) is 17.2 Å². The number of ether oxygens (including phenoxy) is 1. The molecule has 0 unspecified atom stereocenters. The minimum absolute atomic E-state index is 0.0267. The topological polar surface area (TPSA) is 126 Å². The highest BCUT2D eigenvalue weighted by molar-refractivity contribution is 6.02. The molecule has 1 aliphatic carbocycles. The maximum atomic E-state index is 12.3. The summed E-state index contributed by atoms with van der Waals surface area (Å²) in [4.78, 5) is 26.7. The molecule has 1 saturated carbocycles. The van der Waals surface area contributed by atoms with E-state index < -0.39 is 11.4 Å². The third-order valence-corrected chi connectivity index (χ3v) is 7.16. The Morgan fingerprint density at radius 3 is 2.38 bits per heavy atom. The van der Waals surface area contributed by atoms with Crippen molar-refractivity contribution in [3.8, 4) is 17.6 Å². The summed E-state index contributed by atoms with van der Waals surface area (Å²) in [5.41, 5.74) is 6.36. The van der Waals surface area contributed by atoms with Gasteiger partial charge in [-0.3, -0.25) is 19.2 Å². The number of carbonyl (C=O) groups is 2. The summed E-state index contributed by atoms with van der Waals surface area (Å²) in [6.07, 6.45) is 4.90. The van der Waals surface area contributed by atoms with E-state index in [9.17, 15) is 14.9 Å². The molecule has 0 radical (unpaired) electrons. The first-order valence-electron chi connectivity index (χ1n) is 12.6. The Morgan fingerprint density at radius 2 is 1.76 bits per heavy atom. The fourth-order valence-corrected chi connectivity index (χ4v) is 4.76. The van der Waals surface area contributed by atoms with Crippen LogP contribution in [0.5, 0.6) is 11.5 Å². The lowest BCUT2D eigenvalue weighted by molar-refractivity contribution is -0.117. The normalized spacial score (nSPS) is 17.1. The number of anilines is 1. The maximum absolute atomic E-state index is 12.3. The zero-order chi connectivity index (χ0) is 25.8. The summed E-state index contributed by atoms with van der Waals surface area (Å²) in [5, 5.41) is 16.9. The largest absolute Gasteiger partial charge is 0.457 e. The summed E-state index contributed by atoms with van der Waals surface area (Å²) in [7, 11) is 0. The van der Waals surface area contributed by atoms with Gasteiger partial charge in [0.1, 0.15) is 17.1 Å². The van der Waals surface area contributed by atoms with Crippen molar-refractivity contribution in [2.24, 2.45) is 11.7 Å². The first-order chi connectivity index (χ1) is 18.0. The van der Waals surface area contributed by atoms with Crippen molar-refractivity contribution in [2.75, 3.05) is 18.4 Å². The number of aromatic nitrogens is 2. The van der Waals surface area contributed by atoms with Crippen molar-refractivity contribution < 1.29 is 14.3 Å². The lowest BCUT2D eigenvalue weighted by Gasteiger charge is -2.40. The second kappa shape index (κ2) is 10.4. The highest BCUT2D eigenvalue weighted by Crippen LogP contribution is 2.36. The number of nitriles is 1. The van der Waals surface area contributed by atoms with E-state index in [-0.39, 0.29) is 29.6 Å². The molecular weight excluding hydrogens is 468 g/mol. The first-order valence-corrected chi connectivity index (χ1v) is 12.6. The molecule has 2 fully saturated rings. The molecule has 1 aromatic heterocycles. The van der Waals surface area contributed by atoms with E-state index in [1.807, 2.05) is 42.5 Å². The predicted octanol–water partition coefficient (Wildman–Crippen LogP) is 4.03. The Hall–Kier alpha value is -4.16. The second-order valence-corrected chi connectivity index (χ2v) is 9.86. The minimum atomic E-state index is -0.651. The number of likely N-dealkylation sites (tertiary alicyclic amines) is 1. The van der Waals surface area contributed by atoms with Gasteiger partial charge >= 0.3 is 0 Å². The van der Waals surface area contributed by atoms with Gasteiger partial charge in [0.2, 0.25) is 5.91 Å². The van der Waals surface area contributed by atoms with Gasteiger partial charge in [-0.25, -0.2) is 0 Å². The number of piperidine rings is 1. The van der Waals surface area contributed by atoms with Crippen molar-refractivity contribution in [1.29, 1.82) is 5.26 Å². The lowest BCUT2D eigenvalue weighted by Crippen LogP contribution is -2.46. The van der Waals surface area contributed by atoms with Crippen molar-refractivity contribution in [2.45, 2.75) is 44.2 Å². The predicted molar refractivity (Wildman–Crippen MR) is 138 cm³/mol. The highest BCUT2D eigenvalue weighted by Gasteiger charge is 2.39. The number of amides is 2. The number of hydrogen-bond donors (Lipinski definition) is 2. The third-order valence-electron chi connectivity index (χ3n) is 7.16. The molecule has 37 heavy (non-hydrogen) atoms. The zero-order valence-corrected chi connectivity index (χ0v) is 20.6. The summed E-state index contributed by atoms with van der Waals surface area (Å²) in [6, 6.07) is 20.0. The molecule has 5 rings (SSSR count). The Bertz CT molecular complexity index is 1300. The molecule has 1 saturated heterocycles. The molecule has 190 valence electrons. The number of nitrogens with zero attached hydrogens (tertiary/aromatic N) is 4. The van der Waals surface area contributed by atoms with Crippen molar-refractivity contribution in [3.05, 3.63) is 71.9 Å². The van der Waals surface area contributed by atoms with Gasteiger partial charge in [-0.15, -0.1) is 0 Å². The Kier molecular flexibility index (Phi) is 6.93. The smallest absolute Gasteiger partial charge is 0.254 e. The van der Waals surface area contributed by atoms with Crippen LogP contribution >= 0.6 is 0 Å². The zero-order valence-electron chi connectivity index (χ0n) is 20.6. The average molecular weight is 499 g/mol. The van der Waals surface area contributed by atoms with Gasteiger partial charge in [0.05, 0.1) is 18.0 Å². The fourth-order valence-electron chi connectivity index (χ4n) is 4.76. The number of para-hydroxylation sites is 1. The van der Waals surface area contributed by atoms with Crippen LogP contribution in [0.15, 0.2) is 60.8 Å². The standard InChI is InChI=1S/C28H30N6O3/c29-15-12-28(34-19-24(25(30)35)26(32-34)31-27(36)21-8-9-21)13-16-33(17-14-28)18-20-6-10-23(11-7-20)37-22-4-2-1-3-5-22/h1-7,10-11,19,21H,8-9,12-14,16-18H2,(H2,30,35)(H,31,32,36). The quantitative estimate of drug-likeness (QED) is 0.459. The van der Waals surface area contributed by atoms with E-state index in [0.717, 1.165) is 44.0 Å². The SMILES string of the molecule is N#CCC1(n2cc(C(N)=O)c(NC(=O)C3CC3)n2)CCN(Cc2ccc(Oc3ccccc3)cc2)CC1. The van der Waals surface area contributed by atoms with Crippen molar-refractivity contribution in [3.63, 3.8) is 0 Å². The highest BCUT2D eigenvalue weighted by atomic mass is 16.5. The average Bonchev–Trinajstić information content (AvgIpc) is 3.67. The molecule has 2 aliphatic rings. The maximum Gasteiger partial charge on any atom is 0.254 e. The van der Waals surface area contributed by atoms with Gasteiger partial charge in [-0.1, -0.05) is 30.3 Å². The Morgan fingerprint density at radius 1 is 1.08 bits per heavy atom. The number of benzene rings is 2. The van der Waals surface area contributed by atoms with Crippen LogP contribution in [-0.2, 0) is 16.9 Å². The summed E-state index contributed by atoms with van der Waals surface area (Å²) in [5.74, 6) is 0.949. The van der Waals surface area contributed by atoms with Gasteiger partial charge in [0.25, 0.3) is 5.91 Å².